The Kier molecular flexibility index (Phi) is 7.91. The van der Waals surface area contributed by atoms with Crippen molar-refractivity contribution in [3.63, 3.8) is 0 Å². The highest BCUT2D eigenvalue weighted by Crippen LogP contribution is 2.14. The zero-order valence-corrected chi connectivity index (χ0v) is 14.2. The number of benzene rings is 1. The minimum Gasteiger partial charge on any atom is -0.494 e. The second-order valence-electron chi connectivity index (χ2n) is 5.08. The van der Waals surface area contributed by atoms with Crippen molar-refractivity contribution in [2.75, 3.05) is 13.7 Å². The number of hydrogen-bond acceptors (Lipinski definition) is 5. The van der Waals surface area contributed by atoms with Crippen LogP contribution in [0.15, 0.2) is 28.8 Å². The van der Waals surface area contributed by atoms with Crippen LogP contribution in [0, 0.1) is 0 Å². The number of aryl methyl sites for hydroxylation is 2. The number of ether oxygens (including phenoxy) is 1. The summed E-state index contributed by atoms with van der Waals surface area (Å²) in [5, 5.41) is 7.17. The third kappa shape index (κ3) is 5.66. The van der Waals surface area contributed by atoms with Crippen LogP contribution in [0.1, 0.15) is 31.1 Å². The molecule has 0 aliphatic rings. The van der Waals surface area contributed by atoms with E-state index in [1.165, 1.54) is 5.56 Å². The molecule has 122 valence electrons. The van der Waals surface area contributed by atoms with E-state index in [1.807, 2.05) is 26.1 Å². The molecule has 6 heteroatoms. The molecule has 1 aromatic carbocycles. The molecule has 2 aromatic rings. The summed E-state index contributed by atoms with van der Waals surface area (Å²) in [6, 6.07) is 8.48. The van der Waals surface area contributed by atoms with Gasteiger partial charge in [0, 0.05) is 18.9 Å². The lowest BCUT2D eigenvalue weighted by molar-refractivity contribution is 0.340. The molecule has 1 unspecified atom stereocenters. The molecule has 0 fully saturated rings. The van der Waals surface area contributed by atoms with E-state index in [4.69, 9.17) is 9.26 Å². The van der Waals surface area contributed by atoms with Crippen LogP contribution in [0.25, 0.3) is 0 Å². The zero-order chi connectivity index (χ0) is 15.1. The fourth-order valence-corrected chi connectivity index (χ4v) is 2.02. The van der Waals surface area contributed by atoms with Gasteiger partial charge in [0.1, 0.15) is 5.75 Å². The number of rotatable bonds is 8. The molecular weight excluding hydrogens is 302 g/mol. The molecule has 0 spiro atoms. The van der Waals surface area contributed by atoms with Gasteiger partial charge in [0.15, 0.2) is 5.82 Å². The first-order chi connectivity index (χ1) is 10.2. The lowest BCUT2D eigenvalue weighted by atomic mass is 10.1. The van der Waals surface area contributed by atoms with Gasteiger partial charge in [-0.1, -0.05) is 17.3 Å². The van der Waals surface area contributed by atoms with E-state index in [0.29, 0.717) is 18.5 Å². The molecule has 1 N–H and O–H groups in total. The summed E-state index contributed by atoms with van der Waals surface area (Å²) in [5.41, 5.74) is 1.24. The van der Waals surface area contributed by atoms with Crippen molar-refractivity contribution in [2.24, 2.45) is 0 Å². The van der Waals surface area contributed by atoms with Gasteiger partial charge in [0.25, 0.3) is 0 Å². The average Bonchev–Trinajstić information content (AvgIpc) is 2.94. The molecule has 5 nitrogen and oxygen atoms in total. The summed E-state index contributed by atoms with van der Waals surface area (Å²) in [5.74, 6) is 2.36. The van der Waals surface area contributed by atoms with Crippen molar-refractivity contribution in [2.45, 2.75) is 39.2 Å². The van der Waals surface area contributed by atoms with Crippen LogP contribution in [0.5, 0.6) is 5.75 Å². The van der Waals surface area contributed by atoms with E-state index in [-0.39, 0.29) is 12.4 Å². The van der Waals surface area contributed by atoms with E-state index in [2.05, 4.69) is 34.5 Å². The Labute approximate surface area is 137 Å². The van der Waals surface area contributed by atoms with Gasteiger partial charge in [-0.15, -0.1) is 12.4 Å². The maximum atomic E-state index is 5.43. The van der Waals surface area contributed by atoms with Crippen molar-refractivity contribution >= 4 is 12.4 Å². The topological polar surface area (TPSA) is 60.2 Å². The van der Waals surface area contributed by atoms with E-state index < -0.39 is 0 Å². The monoisotopic (exact) mass is 325 g/mol. The Morgan fingerprint density at radius 2 is 1.95 bits per heavy atom. The van der Waals surface area contributed by atoms with Gasteiger partial charge in [-0.2, -0.15) is 4.98 Å². The molecular formula is C16H24ClN3O2. The molecule has 0 bridgehead atoms. The summed E-state index contributed by atoms with van der Waals surface area (Å²) in [6.07, 6.45) is 2.42. The first-order valence-corrected chi connectivity index (χ1v) is 7.41. The Morgan fingerprint density at radius 1 is 1.23 bits per heavy atom. The van der Waals surface area contributed by atoms with Gasteiger partial charge >= 0.3 is 0 Å². The highest BCUT2D eigenvalue weighted by atomic mass is 35.5. The molecule has 0 saturated heterocycles. The van der Waals surface area contributed by atoms with Crippen molar-refractivity contribution in [3.05, 3.63) is 41.5 Å². The van der Waals surface area contributed by atoms with Crippen molar-refractivity contribution in [1.82, 2.24) is 15.5 Å². The Balaban J connectivity index is 0.00000242. The number of nitrogens with zero attached hydrogens (tertiary/aromatic N) is 2. The summed E-state index contributed by atoms with van der Waals surface area (Å²) < 4.78 is 10.7. The Morgan fingerprint density at radius 3 is 2.59 bits per heavy atom. The number of hydrogen-bond donors (Lipinski definition) is 1. The van der Waals surface area contributed by atoms with E-state index in [1.54, 1.807) is 0 Å². The van der Waals surface area contributed by atoms with Crippen molar-refractivity contribution < 1.29 is 9.26 Å². The zero-order valence-electron chi connectivity index (χ0n) is 13.3. The van der Waals surface area contributed by atoms with Crippen LogP contribution in [0.2, 0.25) is 0 Å². The Bertz CT molecular complexity index is 543. The summed E-state index contributed by atoms with van der Waals surface area (Å²) in [6.45, 7) is 4.76. The van der Waals surface area contributed by atoms with E-state index in [0.717, 1.165) is 30.8 Å². The lowest BCUT2D eigenvalue weighted by Crippen LogP contribution is -2.24. The van der Waals surface area contributed by atoms with Crippen LogP contribution < -0.4 is 10.1 Å². The largest absolute Gasteiger partial charge is 0.494 e. The molecule has 0 aliphatic carbocycles. The second-order valence-corrected chi connectivity index (χ2v) is 5.08. The standard InChI is InChI=1S/C16H23N3O2.ClH/c1-4-20-14-8-5-13(6-9-14)7-10-16-18-15(19-21-16)11-12(2)17-3;/h5-6,8-9,12,17H,4,7,10-11H2,1-3H3;1H. The van der Waals surface area contributed by atoms with Crippen LogP contribution in [0.4, 0.5) is 0 Å². The van der Waals surface area contributed by atoms with E-state index >= 15 is 0 Å². The highest BCUT2D eigenvalue weighted by molar-refractivity contribution is 5.85. The quantitative estimate of drug-likeness (QED) is 0.808. The molecule has 0 aliphatic heterocycles. The number of nitrogens with one attached hydrogen (secondary N) is 1. The predicted molar refractivity (Wildman–Crippen MR) is 88.8 cm³/mol. The van der Waals surface area contributed by atoms with Crippen LogP contribution in [0.3, 0.4) is 0 Å². The maximum absolute atomic E-state index is 5.43. The lowest BCUT2D eigenvalue weighted by Gasteiger charge is -2.04. The van der Waals surface area contributed by atoms with Gasteiger partial charge in [-0.25, -0.2) is 0 Å². The fraction of sp³-hybridized carbons (Fsp3) is 0.500. The molecule has 1 heterocycles. The van der Waals surface area contributed by atoms with Gasteiger partial charge < -0.3 is 14.6 Å². The van der Waals surface area contributed by atoms with Crippen LogP contribution in [-0.4, -0.2) is 29.8 Å². The molecule has 0 saturated carbocycles. The fourth-order valence-electron chi connectivity index (χ4n) is 2.02. The molecule has 0 radical (unpaired) electrons. The third-order valence-corrected chi connectivity index (χ3v) is 3.35. The van der Waals surface area contributed by atoms with Gasteiger partial charge in [0.05, 0.1) is 6.61 Å². The molecule has 2 rings (SSSR count). The average molecular weight is 326 g/mol. The van der Waals surface area contributed by atoms with Crippen molar-refractivity contribution in [3.8, 4) is 5.75 Å². The minimum atomic E-state index is 0. The van der Waals surface area contributed by atoms with Crippen LogP contribution >= 0.6 is 12.4 Å². The number of aromatic nitrogens is 2. The second kappa shape index (κ2) is 9.43. The van der Waals surface area contributed by atoms with Gasteiger partial charge in [-0.05, 0) is 45.0 Å². The first kappa shape index (κ1) is 18.5. The Hall–Kier alpha value is -1.59. The van der Waals surface area contributed by atoms with Gasteiger partial charge in [-0.3, -0.25) is 0 Å². The summed E-state index contributed by atoms with van der Waals surface area (Å²) in [7, 11) is 1.93. The van der Waals surface area contributed by atoms with E-state index in [9.17, 15) is 0 Å². The van der Waals surface area contributed by atoms with Crippen LogP contribution in [-0.2, 0) is 19.3 Å². The molecule has 1 atom stereocenters. The first-order valence-electron chi connectivity index (χ1n) is 7.41. The smallest absolute Gasteiger partial charge is 0.226 e. The summed E-state index contributed by atoms with van der Waals surface area (Å²) >= 11 is 0. The molecule has 22 heavy (non-hydrogen) atoms. The highest BCUT2D eigenvalue weighted by Gasteiger charge is 2.09. The number of likely N-dealkylation sites (N-methyl/N-ethyl adjacent to an activating group) is 1. The third-order valence-electron chi connectivity index (χ3n) is 3.35. The SMILES string of the molecule is CCOc1ccc(CCc2nc(CC(C)NC)no2)cc1.Cl. The molecule has 0 amide bonds. The molecule has 1 aromatic heterocycles. The normalized spacial score (nSPS) is 11.8. The summed E-state index contributed by atoms with van der Waals surface area (Å²) in [4.78, 5) is 4.42. The van der Waals surface area contributed by atoms with Gasteiger partial charge in [0.2, 0.25) is 5.89 Å². The van der Waals surface area contributed by atoms with Crippen molar-refractivity contribution in [1.29, 1.82) is 0 Å². The minimum absolute atomic E-state index is 0. The number of halogens is 1. The maximum Gasteiger partial charge on any atom is 0.226 e. The predicted octanol–water partition coefficient (Wildman–Crippen LogP) is 2.83.